The summed E-state index contributed by atoms with van der Waals surface area (Å²) in [6.45, 7) is 0. The molecule has 0 bridgehead atoms. The lowest BCUT2D eigenvalue weighted by atomic mass is 10.0. The fourth-order valence-corrected chi connectivity index (χ4v) is 3.29. The first-order valence-corrected chi connectivity index (χ1v) is 7.55. The number of carbonyl (C=O) groups excluding carboxylic acids is 1. The minimum atomic E-state index is -0.993. The van der Waals surface area contributed by atoms with Crippen molar-refractivity contribution in [3.63, 3.8) is 0 Å². The van der Waals surface area contributed by atoms with Gasteiger partial charge >= 0.3 is 5.97 Å². The van der Waals surface area contributed by atoms with E-state index < -0.39 is 5.97 Å². The number of carboxylic acids is 1. The highest BCUT2D eigenvalue weighted by molar-refractivity contribution is 7.99. The van der Waals surface area contributed by atoms with Gasteiger partial charge in [-0.25, -0.2) is 9.18 Å². The summed E-state index contributed by atoms with van der Waals surface area (Å²) < 4.78 is 13.7. The summed E-state index contributed by atoms with van der Waals surface area (Å²) >= 11 is 1.30. The molecule has 22 heavy (non-hydrogen) atoms. The van der Waals surface area contributed by atoms with E-state index in [0.717, 1.165) is 5.56 Å². The number of Topliss-reactive ketones (excluding diaryl/α,β-unsaturated/α-hetero) is 1. The Labute approximate surface area is 130 Å². The van der Waals surface area contributed by atoms with Crippen molar-refractivity contribution in [3.05, 3.63) is 70.5 Å². The molecule has 0 spiro atoms. The molecule has 0 aliphatic carbocycles. The molecule has 0 unspecified atom stereocenters. The summed E-state index contributed by atoms with van der Waals surface area (Å²) in [6.07, 6.45) is 1.72. The fourth-order valence-electron chi connectivity index (χ4n) is 2.25. The Bertz CT molecular complexity index is 794. The Kier molecular flexibility index (Phi) is 3.81. The highest BCUT2D eigenvalue weighted by atomic mass is 32.2. The van der Waals surface area contributed by atoms with E-state index in [2.05, 4.69) is 0 Å². The number of carboxylic acid groups (broad SMARTS) is 1. The average molecular weight is 314 g/mol. The molecule has 1 heterocycles. The van der Waals surface area contributed by atoms with E-state index in [1.165, 1.54) is 36.0 Å². The number of ketones is 1. The van der Waals surface area contributed by atoms with Crippen LogP contribution in [0, 0.1) is 5.82 Å². The Morgan fingerprint density at radius 1 is 1.18 bits per heavy atom. The van der Waals surface area contributed by atoms with Gasteiger partial charge in [0.05, 0.1) is 10.5 Å². The van der Waals surface area contributed by atoms with Crippen molar-refractivity contribution < 1.29 is 19.1 Å². The third-order valence-electron chi connectivity index (χ3n) is 3.37. The van der Waals surface area contributed by atoms with Crippen LogP contribution >= 0.6 is 11.8 Å². The largest absolute Gasteiger partial charge is 0.478 e. The molecular formula is C17H11FO3S. The molecule has 1 aliphatic rings. The maximum absolute atomic E-state index is 13.7. The summed E-state index contributed by atoms with van der Waals surface area (Å²) in [5.74, 6) is -1.16. The molecule has 0 aromatic heterocycles. The molecule has 0 fully saturated rings. The lowest BCUT2D eigenvalue weighted by Crippen LogP contribution is -2.13. The van der Waals surface area contributed by atoms with Gasteiger partial charge in [-0.05, 0) is 35.9 Å². The smallest absolute Gasteiger partial charge is 0.335 e. The number of halogens is 1. The first kappa shape index (κ1) is 14.5. The topological polar surface area (TPSA) is 54.4 Å². The molecule has 3 nitrogen and oxygen atoms in total. The zero-order chi connectivity index (χ0) is 15.7. The lowest BCUT2D eigenvalue weighted by Gasteiger charge is -2.17. The van der Waals surface area contributed by atoms with Gasteiger partial charge < -0.3 is 5.11 Å². The van der Waals surface area contributed by atoms with Gasteiger partial charge in [0.2, 0.25) is 0 Å². The second kappa shape index (κ2) is 5.77. The minimum Gasteiger partial charge on any atom is -0.478 e. The maximum Gasteiger partial charge on any atom is 0.335 e. The van der Waals surface area contributed by atoms with E-state index in [9.17, 15) is 14.0 Å². The van der Waals surface area contributed by atoms with E-state index >= 15 is 0 Å². The molecule has 0 saturated carbocycles. The van der Waals surface area contributed by atoms with Crippen LogP contribution in [0.4, 0.5) is 4.39 Å². The van der Waals surface area contributed by atoms with Crippen molar-refractivity contribution in [2.75, 3.05) is 5.75 Å². The van der Waals surface area contributed by atoms with Crippen LogP contribution < -0.4 is 0 Å². The highest BCUT2D eigenvalue weighted by Gasteiger charge is 2.24. The van der Waals surface area contributed by atoms with Gasteiger partial charge in [-0.2, -0.15) is 0 Å². The number of rotatable bonds is 2. The van der Waals surface area contributed by atoms with Gasteiger partial charge in [0.25, 0.3) is 0 Å². The highest BCUT2D eigenvalue weighted by Crippen LogP contribution is 2.35. The lowest BCUT2D eigenvalue weighted by molar-refractivity contribution is 0.0696. The number of benzene rings is 2. The summed E-state index contributed by atoms with van der Waals surface area (Å²) in [6, 6.07) is 10.8. The second-order valence-electron chi connectivity index (χ2n) is 4.83. The van der Waals surface area contributed by atoms with E-state index in [-0.39, 0.29) is 17.2 Å². The molecule has 0 amide bonds. The van der Waals surface area contributed by atoms with Gasteiger partial charge in [0.1, 0.15) is 5.82 Å². The summed E-state index contributed by atoms with van der Waals surface area (Å²) in [4.78, 5) is 23.6. The monoisotopic (exact) mass is 314 g/mol. The van der Waals surface area contributed by atoms with Gasteiger partial charge in [-0.1, -0.05) is 18.2 Å². The van der Waals surface area contributed by atoms with Crippen molar-refractivity contribution >= 4 is 29.6 Å². The van der Waals surface area contributed by atoms with Crippen molar-refractivity contribution in [2.45, 2.75) is 4.90 Å². The second-order valence-corrected chi connectivity index (χ2v) is 5.82. The average Bonchev–Trinajstić information content (AvgIpc) is 2.51. The van der Waals surface area contributed by atoms with Crippen LogP contribution in [0.2, 0.25) is 0 Å². The summed E-state index contributed by atoms with van der Waals surface area (Å²) in [7, 11) is 0. The van der Waals surface area contributed by atoms with Crippen LogP contribution in [0.5, 0.6) is 0 Å². The number of carbonyl (C=O) groups is 2. The molecular weight excluding hydrogens is 303 g/mol. The van der Waals surface area contributed by atoms with Crippen LogP contribution in [-0.2, 0) is 0 Å². The van der Waals surface area contributed by atoms with Gasteiger partial charge in [0, 0.05) is 16.9 Å². The zero-order valence-corrected chi connectivity index (χ0v) is 12.2. The van der Waals surface area contributed by atoms with Crippen molar-refractivity contribution in [1.29, 1.82) is 0 Å². The number of hydrogen-bond donors (Lipinski definition) is 1. The Balaban J connectivity index is 1.93. The maximum atomic E-state index is 13.7. The van der Waals surface area contributed by atoms with E-state index in [4.69, 9.17) is 5.11 Å². The molecule has 0 atom stereocenters. The van der Waals surface area contributed by atoms with Crippen LogP contribution in [0.15, 0.2) is 52.9 Å². The molecule has 3 rings (SSSR count). The van der Waals surface area contributed by atoms with Crippen LogP contribution in [-0.4, -0.2) is 22.6 Å². The predicted octanol–water partition coefficient (Wildman–Crippen LogP) is 3.90. The molecule has 0 saturated heterocycles. The molecule has 5 heteroatoms. The number of thioether (sulfide) groups is 1. The zero-order valence-electron chi connectivity index (χ0n) is 11.4. The molecule has 110 valence electrons. The third-order valence-corrected chi connectivity index (χ3v) is 4.53. The van der Waals surface area contributed by atoms with Gasteiger partial charge in [0.15, 0.2) is 5.78 Å². The molecule has 1 N–H and O–H groups in total. The van der Waals surface area contributed by atoms with Crippen molar-refractivity contribution in [3.8, 4) is 0 Å². The number of aromatic carboxylic acids is 1. The van der Waals surface area contributed by atoms with Crippen LogP contribution in [0.25, 0.3) is 6.08 Å². The molecule has 2 aromatic carbocycles. The van der Waals surface area contributed by atoms with E-state index in [0.29, 0.717) is 21.8 Å². The molecule has 2 aromatic rings. The van der Waals surface area contributed by atoms with E-state index in [1.807, 2.05) is 0 Å². The fraction of sp³-hybridized carbons (Fsp3) is 0.0588. The Morgan fingerprint density at radius 2 is 1.91 bits per heavy atom. The minimum absolute atomic E-state index is 0.185. The first-order chi connectivity index (χ1) is 10.6. The third kappa shape index (κ3) is 2.67. The normalized spacial score (nSPS) is 15.7. The number of hydrogen-bond acceptors (Lipinski definition) is 3. The summed E-state index contributed by atoms with van der Waals surface area (Å²) in [5.41, 5.74) is 1.89. The van der Waals surface area contributed by atoms with Crippen LogP contribution in [0.3, 0.4) is 0 Å². The SMILES string of the molecule is O=C(O)c1ccc(/C=C2\CSc3c(F)cccc3C2=O)cc1. The quantitative estimate of drug-likeness (QED) is 0.854. The van der Waals surface area contributed by atoms with Crippen LogP contribution in [0.1, 0.15) is 26.3 Å². The summed E-state index contributed by atoms with van der Waals surface area (Å²) in [5, 5.41) is 8.87. The molecule has 0 radical (unpaired) electrons. The van der Waals surface area contributed by atoms with Gasteiger partial charge in [-0.3, -0.25) is 4.79 Å². The van der Waals surface area contributed by atoms with Crippen molar-refractivity contribution in [1.82, 2.24) is 0 Å². The Morgan fingerprint density at radius 3 is 2.59 bits per heavy atom. The number of fused-ring (bicyclic) bond motifs is 1. The van der Waals surface area contributed by atoms with E-state index in [1.54, 1.807) is 24.3 Å². The van der Waals surface area contributed by atoms with Crippen molar-refractivity contribution in [2.24, 2.45) is 0 Å². The predicted molar refractivity (Wildman–Crippen MR) is 82.8 cm³/mol. The standard InChI is InChI=1S/C17H11FO3S/c18-14-3-1-2-13-15(19)12(9-22-16(13)14)8-10-4-6-11(7-5-10)17(20)21/h1-8H,9H2,(H,20,21)/b12-8+. The van der Waals surface area contributed by atoms with Gasteiger partial charge in [-0.15, -0.1) is 11.8 Å². The Hall–Kier alpha value is -2.40. The first-order valence-electron chi connectivity index (χ1n) is 6.56. The molecule has 1 aliphatic heterocycles.